The van der Waals surface area contributed by atoms with Gasteiger partial charge in [0.1, 0.15) is 5.82 Å². The maximum Gasteiger partial charge on any atom is 0.252 e. The minimum absolute atomic E-state index is 0.222. The molecule has 4 N–H and O–H groups in total. The number of anilines is 1. The van der Waals surface area contributed by atoms with E-state index in [1.807, 2.05) is 0 Å². The van der Waals surface area contributed by atoms with Crippen molar-refractivity contribution < 1.29 is 14.3 Å². The number of fused-ring (bicyclic) bond motifs is 1. The lowest BCUT2D eigenvalue weighted by Crippen LogP contribution is -2.13. The van der Waals surface area contributed by atoms with E-state index in [2.05, 4.69) is 5.32 Å². The molecule has 0 aromatic heterocycles. The van der Waals surface area contributed by atoms with Gasteiger partial charge >= 0.3 is 0 Å². The van der Waals surface area contributed by atoms with Gasteiger partial charge in [-0.1, -0.05) is 12.1 Å². The van der Waals surface area contributed by atoms with E-state index in [9.17, 15) is 14.3 Å². The van der Waals surface area contributed by atoms with Gasteiger partial charge in [-0.05, 0) is 34.9 Å². The molecule has 1 amide bonds. The number of hydrogen-bond acceptors (Lipinski definition) is 3. The second kappa shape index (κ2) is 4.61. The van der Waals surface area contributed by atoms with Crippen molar-refractivity contribution in [2.45, 2.75) is 13.2 Å². The van der Waals surface area contributed by atoms with E-state index in [0.717, 1.165) is 0 Å². The third-order valence-corrected chi connectivity index (χ3v) is 3.51. The fraction of sp³-hybridized carbons (Fsp3) is 0.133. The van der Waals surface area contributed by atoms with Crippen LogP contribution in [0.2, 0.25) is 0 Å². The summed E-state index contributed by atoms with van der Waals surface area (Å²) >= 11 is 0. The number of amides is 1. The first-order valence-corrected chi connectivity index (χ1v) is 6.21. The molecule has 0 saturated carbocycles. The fourth-order valence-corrected chi connectivity index (χ4v) is 2.55. The zero-order chi connectivity index (χ0) is 14.3. The second-order valence-electron chi connectivity index (χ2n) is 4.71. The van der Waals surface area contributed by atoms with Crippen LogP contribution >= 0.6 is 0 Å². The van der Waals surface area contributed by atoms with E-state index in [1.54, 1.807) is 24.3 Å². The Labute approximate surface area is 115 Å². The van der Waals surface area contributed by atoms with Gasteiger partial charge in [0, 0.05) is 17.8 Å². The minimum Gasteiger partial charge on any atom is -0.399 e. The zero-order valence-electron chi connectivity index (χ0n) is 10.6. The lowest BCUT2D eigenvalue weighted by Gasteiger charge is -2.11. The van der Waals surface area contributed by atoms with Gasteiger partial charge in [0.25, 0.3) is 5.91 Å². The molecule has 2 aromatic carbocycles. The fourth-order valence-electron chi connectivity index (χ4n) is 2.55. The highest BCUT2D eigenvalue weighted by Gasteiger charge is 2.26. The minimum atomic E-state index is -0.428. The Bertz CT molecular complexity index is 713. The van der Waals surface area contributed by atoms with E-state index >= 15 is 0 Å². The first-order valence-electron chi connectivity index (χ1n) is 6.21. The van der Waals surface area contributed by atoms with Crippen molar-refractivity contribution in [2.75, 3.05) is 5.73 Å². The van der Waals surface area contributed by atoms with Crippen LogP contribution in [-0.2, 0) is 13.2 Å². The first-order chi connectivity index (χ1) is 9.61. The molecule has 0 saturated heterocycles. The summed E-state index contributed by atoms with van der Waals surface area (Å²) in [6, 6.07) is 7.84. The molecule has 3 rings (SSSR count). The van der Waals surface area contributed by atoms with Crippen molar-refractivity contribution >= 4 is 11.6 Å². The number of carbonyl (C=O) groups is 1. The van der Waals surface area contributed by atoms with Crippen molar-refractivity contribution in [1.82, 2.24) is 5.32 Å². The summed E-state index contributed by atoms with van der Waals surface area (Å²) < 4.78 is 14.0. The van der Waals surface area contributed by atoms with Crippen molar-refractivity contribution in [3.63, 3.8) is 0 Å². The predicted octanol–water partition coefficient (Wildman–Crippen LogP) is 1.81. The van der Waals surface area contributed by atoms with Crippen molar-refractivity contribution in [2.24, 2.45) is 0 Å². The van der Waals surface area contributed by atoms with Crippen molar-refractivity contribution in [3.8, 4) is 11.1 Å². The lowest BCUT2D eigenvalue weighted by atomic mass is 9.93. The zero-order valence-corrected chi connectivity index (χ0v) is 10.6. The van der Waals surface area contributed by atoms with Crippen molar-refractivity contribution in [1.29, 1.82) is 0 Å². The summed E-state index contributed by atoms with van der Waals surface area (Å²) in [7, 11) is 0. The van der Waals surface area contributed by atoms with Crippen LogP contribution < -0.4 is 11.1 Å². The van der Waals surface area contributed by atoms with Gasteiger partial charge in [-0.2, -0.15) is 0 Å². The Kier molecular flexibility index (Phi) is 2.91. The van der Waals surface area contributed by atoms with Crippen LogP contribution in [0.3, 0.4) is 0 Å². The molecule has 0 atom stereocenters. The number of nitrogens with one attached hydrogen (secondary N) is 1. The summed E-state index contributed by atoms with van der Waals surface area (Å²) in [5.41, 5.74) is 8.65. The number of nitrogen functional groups attached to an aromatic ring is 1. The maximum absolute atomic E-state index is 14.0. The number of aliphatic hydroxyl groups excluding tert-OH is 1. The number of aliphatic hydroxyl groups is 1. The highest BCUT2D eigenvalue weighted by atomic mass is 19.1. The number of halogens is 1. The van der Waals surface area contributed by atoms with Gasteiger partial charge in [0.2, 0.25) is 0 Å². The number of rotatable bonds is 2. The second-order valence-corrected chi connectivity index (χ2v) is 4.71. The number of hydrogen-bond donors (Lipinski definition) is 3. The third-order valence-electron chi connectivity index (χ3n) is 3.51. The highest BCUT2D eigenvalue weighted by molar-refractivity contribution is 6.02. The van der Waals surface area contributed by atoms with E-state index in [0.29, 0.717) is 40.0 Å². The van der Waals surface area contributed by atoms with Gasteiger partial charge in [0.05, 0.1) is 12.2 Å². The smallest absolute Gasteiger partial charge is 0.252 e. The summed E-state index contributed by atoms with van der Waals surface area (Å²) in [6.45, 7) is 0.113. The number of nitrogens with two attached hydrogens (primary N) is 1. The van der Waals surface area contributed by atoms with Gasteiger partial charge in [-0.3, -0.25) is 4.79 Å². The van der Waals surface area contributed by atoms with Crippen LogP contribution in [-0.4, -0.2) is 11.0 Å². The summed E-state index contributed by atoms with van der Waals surface area (Å²) in [4.78, 5) is 11.8. The van der Waals surface area contributed by atoms with Crippen LogP contribution in [0.25, 0.3) is 11.1 Å². The molecule has 0 radical (unpaired) electrons. The lowest BCUT2D eigenvalue weighted by molar-refractivity contribution is 0.0963. The number of carbonyl (C=O) groups excluding carboxylic acids is 1. The monoisotopic (exact) mass is 272 g/mol. The van der Waals surface area contributed by atoms with Gasteiger partial charge in [0.15, 0.2) is 0 Å². The van der Waals surface area contributed by atoms with Crippen LogP contribution in [0.1, 0.15) is 21.5 Å². The molecule has 1 aliphatic heterocycles. The maximum atomic E-state index is 14.0. The SMILES string of the molecule is Nc1ccc(-c2ccc(CO)c3c2CNC3=O)c(F)c1. The van der Waals surface area contributed by atoms with Gasteiger partial charge in [-0.25, -0.2) is 4.39 Å². The molecule has 20 heavy (non-hydrogen) atoms. The molecule has 0 fully saturated rings. The molecule has 1 heterocycles. The summed E-state index contributed by atoms with van der Waals surface area (Å²) in [6.07, 6.45) is 0. The molecule has 0 bridgehead atoms. The summed E-state index contributed by atoms with van der Waals surface area (Å²) in [5.74, 6) is -0.662. The average Bonchev–Trinajstić information content (AvgIpc) is 2.81. The molecular formula is C15H13FN2O2. The Hall–Kier alpha value is -2.40. The Morgan fingerprint density at radius 3 is 2.70 bits per heavy atom. The van der Waals surface area contributed by atoms with E-state index in [1.165, 1.54) is 6.07 Å². The molecule has 0 aliphatic carbocycles. The first kappa shape index (κ1) is 12.6. The summed E-state index contributed by atoms with van der Waals surface area (Å²) in [5, 5.41) is 12.0. The molecule has 2 aromatic rings. The Morgan fingerprint density at radius 2 is 2.00 bits per heavy atom. The standard InChI is InChI=1S/C15H13FN2O2/c16-13-5-9(17)2-4-11(13)10-3-1-8(7-19)14-12(10)6-18-15(14)20/h1-5,19H,6-7,17H2,(H,18,20). The molecule has 1 aliphatic rings. The molecule has 5 heteroatoms. The van der Waals surface area contributed by atoms with E-state index in [4.69, 9.17) is 5.73 Å². The molecule has 0 spiro atoms. The molecule has 4 nitrogen and oxygen atoms in total. The normalized spacial score (nSPS) is 13.2. The Balaban J connectivity index is 2.24. The van der Waals surface area contributed by atoms with Gasteiger partial charge in [-0.15, -0.1) is 0 Å². The third kappa shape index (κ3) is 1.83. The van der Waals surface area contributed by atoms with E-state index < -0.39 is 5.82 Å². The van der Waals surface area contributed by atoms with E-state index in [-0.39, 0.29) is 12.5 Å². The van der Waals surface area contributed by atoms with Crippen molar-refractivity contribution in [3.05, 3.63) is 52.8 Å². The number of benzene rings is 2. The average molecular weight is 272 g/mol. The van der Waals surface area contributed by atoms with Crippen LogP contribution in [0.15, 0.2) is 30.3 Å². The molecular weight excluding hydrogens is 259 g/mol. The topological polar surface area (TPSA) is 75.3 Å². The quantitative estimate of drug-likeness (QED) is 0.730. The largest absolute Gasteiger partial charge is 0.399 e. The Morgan fingerprint density at radius 1 is 1.25 bits per heavy atom. The molecule has 0 unspecified atom stereocenters. The molecule has 102 valence electrons. The highest BCUT2D eigenvalue weighted by Crippen LogP contribution is 2.33. The van der Waals surface area contributed by atoms with Crippen LogP contribution in [0.4, 0.5) is 10.1 Å². The van der Waals surface area contributed by atoms with Crippen LogP contribution in [0.5, 0.6) is 0 Å². The predicted molar refractivity (Wildman–Crippen MR) is 73.3 cm³/mol. The van der Waals surface area contributed by atoms with Crippen LogP contribution in [0, 0.1) is 5.82 Å². The van der Waals surface area contributed by atoms with Gasteiger partial charge < -0.3 is 16.2 Å².